The van der Waals surface area contributed by atoms with Crippen molar-refractivity contribution < 1.29 is 18.3 Å². The smallest absolute Gasteiger partial charge is 0.287 e. The molecule has 0 saturated carbocycles. The van der Waals surface area contributed by atoms with E-state index in [-0.39, 0.29) is 28.7 Å². The number of amides is 1. The van der Waals surface area contributed by atoms with Gasteiger partial charge >= 0.3 is 0 Å². The Kier molecular flexibility index (Phi) is 4.78. The van der Waals surface area contributed by atoms with Gasteiger partial charge in [-0.15, -0.1) is 0 Å². The van der Waals surface area contributed by atoms with Gasteiger partial charge in [-0.2, -0.15) is 0 Å². The van der Waals surface area contributed by atoms with Crippen molar-refractivity contribution in [3.05, 3.63) is 52.5 Å². The summed E-state index contributed by atoms with van der Waals surface area (Å²) in [4.78, 5) is 16.3. The average molecular weight is 424 g/mol. The number of sulfonamides is 1. The quantitative estimate of drug-likeness (QED) is 0.696. The minimum Gasteiger partial charge on any atom is -0.508 e. The van der Waals surface area contributed by atoms with Crippen LogP contribution in [0.4, 0.5) is 5.69 Å². The topological polar surface area (TPSA) is 108 Å². The lowest BCUT2D eigenvalue weighted by Crippen LogP contribution is -2.44. The van der Waals surface area contributed by atoms with Gasteiger partial charge in [0.05, 0.1) is 5.69 Å². The Morgan fingerprint density at radius 2 is 2.00 bits per heavy atom. The Morgan fingerprint density at radius 3 is 2.76 bits per heavy atom. The van der Waals surface area contributed by atoms with Crippen molar-refractivity contribution in [3.63, 3.8) is 0 Å². The summed E-state index contributed by atoms with van der Waals surface area (Å²) in [5.41, 5.74) is 0.886. The highest BCUT2D eigenvalue weighted by molar-refractivity contribution is 9.10. The number of fused-ring (bicyclic) bond motifs is 1. The van der Waals surface area contributed by atoms with E-state index in [0.29, 0.717) is 16.5 Å². The van der Waals surface area contributed by atoms with Gasteiger partial charge < -0.3 is 10.4 Å². The number of amidine groups is 1. The Bertz CT molecular complexity index is 973. The molecule has 0 radical (unpaired) electrons. The molecule has 2 aromatic carbocycles. The van der Waals surface area contributed by atoms with E-state index < -0.39 is 15.9 Å². The number of carbonyl (C=O) groups is 1. The van der Waals surface area contributed by atoms with Gasteiger partial charge in [0.25, 0.3) is 15.9 Å². The monoisotopic (exact) mass is 423 g/mol. The minimum atomic E-state index is -3.85. The average Bonchev–Trinajstić information content (AvgIpc) is 2.56. The SMILES string of the molecule is O=C(NCCc1ccccc1O)C1=Nc2ccc(Br)cc2S(=O)(=O)N1. The molecule has 1 heterocycles. The molecule has 0 bridgehead atoms. The normalized spacial score (nSPS) is 14.8. The number of carbonyl (C=O) groups excluding carboxylic acids is 1. The molecular formula is C16H14BrN3O4S. The molecule has 1 aliphatic heterocycles. The zero-order chi connectivity index (χ0) is 18.0. The molecule has 0 saturated heterocycles. The molecule has 9 heteroatoms. The number of aliphatic imine (C=N–C) groups is 1. The summed E-state index contributed by atoms with van der Waals surface area (Å²) in [6.45, 7) is 0.227. The van der Waals surface area contributed by atoms with Gasteiger partial charge in [-0.05, 0) is 36.2 Å². The first-order chi connectivity index (χ1) is 11.9. The zero-order valence-electron chi connectivity index (χ0n) is 12.9. The van der Waals surface area contributed by atoms with E-state index in [1.807, 2.05) is 0 Å². The molecule has 1 aliphatic rings. The molecule has 0 aliphatic carbocycles. The molecule has 0 spiro atoms. The van der Waals surface area contributed by atoms with E-state index in [1.54, 1.807) is 30.3 Å². The van der Waals surface area contributed by atoms with Crippen LogP contribution in [0.25, 0.3) is 0 Å². The van der Waals surface area contributed by atoms with Gasteiger partial charge in [0.1, 0.15) is 10.6 Å². The van der Waals surface area contributed by atoms with E-state index in [9.17, 15) is 18.3 Å². The largest absolute Gasteiger partial charge is 0.508 e. The third-order valence-electron chi connectivity index (χ3n) is 3.56. The highest BCUT2D eigenvalue weighted by atomic mass is 79.9. The lowest BCUT2D eigenvalue weighted by molar-refractivity contribution is -0.114. The summed E-state index contributed by atoms with van der Waals surface area (Å²) in [5.74, 6) is -0.772. The van der Waals surface area contributed by atoms with E-state index in [1.165, 1.54) is 12.1 Å². The number of rotatable bonds is 4. The molecule has 0 fully saturated rings. The second kappa shape index (κ2) is 6.85. The summed E-state index contributed by atoms with van der Waals surface area (Å²) < 4.78 is 27.3. The molecule has 3 N–H and O–H groups in total. The van der Waals surface area contributed by atoms with E-state index in [0.717, 1.165) is 0 Å². The number of phenolic OH excluding ortho intramolecular Hbond substituents is 1. The molecular weight excluding hydrogens is 410 g/mol. The number of para-hydroxylation sites is 1. The summed E-state index contributed by atoms with van der Waals surface area (Å²) in [6, 6.07) is 11.4. The number of aromatic hydroxyl groups is 1. The molecule has 0 unspecified atom stereocenters. The predicted octanol–water partition coefficient (Wildman–Crippen LogP) is 1.84. The van der Waals surface area contributed by atoms with Crippen LogP contribution in [0.2, 0.25) is 0 Å². The van der Waals surface area contributed by atoms with Crippen LogP contribution >= 0.6 is 15.9 Å². The number of hydrogen-bond donors (Lipinski definition) is 3. The van der Waals surface area contributed by atoms with E-state index in [4.69, 9.17) is 0 Å². The van der Waals surface area contributed by atoms with Gasteiger partial charge in [0.2, 0.25) is 5.84 Å². The maximum absolute atomic E-state index is 12.3. The molecule has 25 heavy (non-hydrogen) atoms. The van der Waals surface area contributed by atoms with Gasteiger partial charge in [0, 0.05) is 11.0 Å². The first kappa shape index (κ1) is 17.4. The lowest BCUT2D eigenvalue weighted by atomic mass is 10.1. The summed E-state index contributed by atoms with van der Waals surface area (Å²) in [6.07, 6.45) is 0.405. The maximum atomic E-state index is 12.3. The molecule has 3 rings (SSSR count). The number of nitrogens with zero attached hydrogens (tertiary/aromatic N) is 1. The predicted molar refractivity (Wildman–Crippen MR) is 96.4 cm³/mol. The van der Waals surface area contributed by atoms with Crippen molar-refractivity contribution in [1.29, 1.82) is 0 Å². The van der Waals surface area contributed by atoms with Crippen LogP contribution in [-0.2, 0) is 21.2 Å². The van der Waals surface area contributed by atoms with Crippen LogP contribution in [0.3, 0.4) is 0 Å². The zero-order valence-corrected chi connectivity index (χ0v) is 15.3. The number of benzene rings is 2. The van der Waals surface area contributed by atoms with Gasteiger partial charge in [0.15, 0.2) is 0 Å². The second-order valence-corrected chi connectivity index (χ2v) is 7.88. The van der Waals surface area contributed by atoms with Crippen LogP contribution in [0.5, 0.6) is 5.75 Å². The van der Waals surface area contributed by atoms with Gasteiger partial charge in [-0.1, -0.05) is 34.1 Å². The Labute approximate surface area is 153 Å². The van der Waals surface area contributed by atoms with Gasteiger partial charge in [-0.3, -0.25) is 9.52 Å². The van der Waals surface area contributed by atoms with Crippen molar-refractivity contribution in [1.82, 2.24) is 10.0 Å². The lowest BCUT2D eigenvalue weighted by Gasteiger charge is -2.17. The number of nitrogens with one attached hydrogen (secondary N) is 2. The summed E-state index contributed by atoms with van der Waals surface area (Å²) in [5, 5.41) is 12.3. The Morgan fingerprint density at radius 1 is 1.24 bits per heavy atom. The molecule has 0 atom stereocenters. The van der Waals surface area contributed by atoms with Crippen LogP contribution in [0, 0.1) is 0 Å². The van der Waals surface area contributed by atoms with Crippen molar-refractivity contribution in [2.24, 2.45) is 4.99 Å². The third kappa shape index (κ3) is 3.83. The Hall–Kier alpha value is -2.39. The highest BCUT2D eigenvalue weighted by Gasteiger charge is 2.28. The van der Waals surface area contributed by atoms with Crippen molar-refractivity contribution in [2.45, 2.75) is 11.3 Å². The summed E-state index contributed by atoms with van der Waals surface area (Å²) >= 11 is 3.21. The van der Waals surface area contributed by atoms with Crippen molar-refractivity contribution in [3.8, 4) is 5.75 Å². The molecule has 1 amide bonds. The molecule has 130 valence electrons. The standard InChI is InChI=1S/C16H14BrN3O4S/c17-11-5-6-12-14(9-11)25(23,24)20-15(19-12)16(22)18-8-7-10-3-1-2-4-13(10)21/h1-6,9,21H,7-8H2,(H,18,22)(H,19,20). The van der Waals surface area contributed by atoms with E-state index in [2.05, 4.69) is 31.0 Å². The number of phenols is 1. The first-order valence-corrected chi connectivity index (χ1v) is 9.60. The van der Waals surface area contributed by atoms with Crippen LogP contribution < -0.4 is 10.0 Å². The van der Waals surface area contributed by atoms with Gasteiger partial charge in [-0.25, -0.2) is 13.4 Å². The molecule has 0 aromatic heterocycles. The van der Waals surface area contributed by atoms with E-state index >= 15 is 0 Å². The van der Waals surface area contributed by atoms with Crippen LogP contribution in [0.15, 0.2) is 56.8 Å². The fraction of sp³-hybridized carbons (Fsp3) is 0.125. The fourth-order valence-corrected chi connectivity index (χ4v) is 4.02. The second-order valence-electron chi connectivity index (χ2n) is 5.31. The minimum absolute atomic E-state index is 0.00707. The fourth-order valence-electron chi connectivity index (χ4n) is 2.33. The highest BCUT2D eigenvalue weighted by Crippen LogP contribution is 2.30. The van der Waals surface area contributed by atoms with Crippen molar-refractivity contribution >= 4 is 43.4 Å². The number of halogens is 1. The Balaban J connectivity index is 1.73. The molecule has 7 nitrogen and oxygen atoms in total. The maximum Gasteiger partial charge on any atom is 0.287 e. The first-order valence-electron chi connectivity index (χ1n) is 7.33. The van der Waals surface area contributed by atoms with Crippen LogP contribution in [-0.4, -0.2) is 31.8 Å². The summed E-state index contributed by atoms with van der Waals surface area (Å²) in [7, 11) is -3.85. The number of hydrogen-bond acceptors (Lipinski definition) is 5. The van der Waals surface area contributed by atoms with Crippen LogP contribution in [0.1, 0.15) is 5.56 Å². The molecule has 2 aromatic rings. The third-order valence-corrected chi connectivity index (χ3v) is 5.42. The van der Waals surface area contributed by atoms with Crippen molar-refractivity contribution in [2.75, 3.05) is 6.54 Å².